The SMILES string of the molecule is CCCCn1cnc(=O)c2[nH]cnc21. The molecule has 0 spiro atoms. The van der Waals surface area contributed by atoms with E-state index in [0.717, 1.165) is 19.4 Å². The topological polar surface area (TPSA) is 63.6 Å². The number of nitrogens with one attached hydrogen (secondary N) is 1. The molecule has 5 heteroatoms. The van der Waals surface area contributed by atoms with E-state index in [4.69, 9.17) is 0 Å². The third-order valence-electron chi connectivity index (χ3n) is 2.17. The van der Waals surface area contributed by atoms with Crippen LogP contribution >= 0.6 is 0 Å². The molecular formula is C9H12N4O. The van der Waals surface area contributed by atoms with Gasteiger partial charge in [0.2, 0.25) is 0 Å². The molecule has 74 valence electrons. The lowest BCUT2D eigenvalue weighted by Gasteiger charge is -2.04. The molecule has 0 aliphatic carbocycles. The van der Waals surface area contributed by atoms with Crippen molar-refractivity contribution in [1.82, 2.24) is 19.5 Å². The van der Waals surface area contributed by atoms with Gasteiger partial charge in [0.25, 0.3) is 5.56 Å². The lowest BCUT2D eigenvalue weighted by atomic mass is 10.3. The highest BCUT2D eigenvalue weighted by Gasteiger charge is 2.04. The summed E-state index contributed by atoms with van der Waals surface area (Å²) in [6, 6.07) is 0. The quantitative estimate of drug-likeness (QED) is 0.786. The van der Waals surface area contributed by atoms with Crippen molar-refractivity contribution < 1.29 is 0 Å². The predicted octanol–water partition coefficient (Wildman–Crippen LogP) is 0.920. The summed E-state index contributed by atoms with van der Waals surface area (Å²) in [6.07, 6.45) is 5.25. The fourth-order valence-corrected chi connectivity index (χ4v) is 1.40. The molecule has 0 aromatic carbocycles. The van der Waals surface area contributed by atoms with Crippen molar-refractivity contribution in [3.8, 4) is 0 Å². The highest BCUT2D eigenvalue weighted by Crippen LogP contribution is 2.04. The number of hydrogen-bond acceptors (Lipinski definition) is 3. The lowest BCUT2D eigenvalue weighted by Crippen LogP contribution is -2.12. The molecule has 14 heavy (non-hydrogen) atoms. The molecule has 0 radical (unpaired) electrons. The van der Waals surface area contributed by atoms with Crippen LogP contribution in [0.25, 0.3) is 11.2 Å². The predicted molar refractivity (Wildman–Crippen MR) is 53.1 cm³/mol. The summed E-state index contributed by atoms with van der Waals surface area (Å²) >= 11 is 0. The normalized spacial score (nSPS) is 10.9. The van der Waals surface area contributed by atoms with Crippen molar-refractivity contribution in [3.63, 3.8) is 0 Å². The maximum Gasteiger partial charge on any atom is 0.298 e. The molecule has 0 saturated carbocycles. The van der Waals surface area contributed by atoms with Gasteiger partial charge in [-0.05, 0) is 6.42 Å². The van der Waals surface area contributed by atoms with Crippen LogP contribution in [-0.2, 0) is 6.54 Å². The minimum absolute atomic E-state index is 0.245. The van der Waals surface area contributed by atoms with Crippen molar-refractivity contribution in [3.05, 3.63) is 23.0 Å². The first-order valence-corrected chi connectivity index (χ1v) is 4.71. The summed E-state index contributed by atoms with van der Waals surface area (Å²) in [5.74, 6) is 0. The van der Waals surface area contributed by atoms with Crippen molar-refractivity contribution in [2.45, 2.75) is 26.3 Å². The van der Waals surface area contributed by atoms with E-state index in [9.17, 15) is 4.79 Å². The summed E-state index contributed by atoms with van der Waals surface area (Å²) in [6.45, 7) is 2.98. The zero-order valence-electron chi connectivity index (χ0n) is 8.03. The molecule has 0 fully saturated rings. The Labute approximate surface area is 80.8 Å². The summed E-state index contributed by atoms with van der Waals surface area (Å²) in [5, 5.41) is 0. The molecule has 0 atom stereocenters. The molecule has 0 bridgehead atoms. The molecule has 1 N–H and O–H groups in total. The molecule has 5 nitrogen and oxygen atoms in total. The van der Waals surface area contributed by atoms with E-state index in [1.807, 2.05) is 4.57 Å². The zero-order valence-corrected chi connectivity index (χ0v) is 8.03. The largest absolute Gasteiger partial charge is 0.339 e. The number of aromatic nitrogens is 4. The van der Waals surface area contributed by atoms with Crippen molar-refractivity contribution in [2.75, 3.05) is 0 Å². The smallest absolute Gasteiger partial charge is 0.298 e. The molecule has 0 amide bonds. The van der Waals surface area contributed by atoms with Gasteiger partial charge in [-0.1, -0.05) is 13.3 Å². The van der Waals surface area contributed by atoms with Crippen LogP contribution in [0.15, 0.2) is 17.4 Å². The van der Waals surface area contributed by atoms with E-state index in [1.54, 1.807) is 6.33 Å². The molecule has 2 aromatic heterocycles. The molecule has 0 aliphatic heterocycles. The van der Waals surface area contributed by atoms with Gasteiger partial charge in [0.1, 0.15) is 6.33 Å². The van der Waals surface area contributed by atoms with Crippen molar-refractivity contribution in [1.29, 1.82) is 0 Å². The Morgan fingerprint density at radius 1 is 1.50 bits per heavy atom. The Balaban J connectivity index is 2.50. The Morgan fingerprint density at radius 2 is 2.36 bits per heavy atom. The summed E-state index contributed by atoms with van der Waals surface area (Å²) in [4.78, 5) is 21.9. The van der Waals surface area contributed by atoms with E-state index in [2.05, 4.69) is 21.9 Å². The summed E-state index contributed by atoms with van der Waals surface area (Å²) in [5.41, 5.74) is 0.937. The minimum Gasteiger partial charge on any atom is -0.339 e. The van der Waals surface area contributed by atoms with Gasteiger partial charge < -0.3 is 9.55 Å². The monoisotopic (exact) mass is 192 g/mol. The number of fused-ring (bicyclic) bond motifs is 1. The third-order valence-corrected chi connectivity index (χ3v) is 2.17. The highest BCUT2D eigenvalue weighted by atomic mass is 16.1. The van der Waals surface area contributed by atoms with Gasteiger partial charge >= 0.3 is 0 Å². The number of imidazole rings is 1. The maximum absolute atomic E-state index is 11.3. The fourth-order valence-electron chi connectivity index (χ4n) is 1.40. The van der Waals surface area contributed by atoms with Crippen molar-refractivity contribution >= 4 is 11.2 Å². The van der Waals surface area contributed by atoms with Crippen LogP contribution in [0.1, 0.15) is 19.8 Å². The number of aromatic amines is 1. The summed E-state index contributed by atoms with van der Waals surface area (Å²) in [7, 11) is 0. The van der Waals surface area contributed by atoms with Gasteiger partial charge in [0.15, 0.2) is 11.2 Å². The minimum atomic E-state index is -0.245. The van der Waals surface area contributed by atoms with Gasteiger partial charge in [-0.2, -0.15) is 4.98 Å². The Bertz CT molecular complexity index is 485. The average molecular weight is 192 g/mol. The Kier molecular flexibility index (Phi) is 2.30. The van der Waals surface area contributed by atoms with Crippen LogP contribution in [0.4, 0.5) is 0 Å². The van der Waals surface area contributed by atoms with E-state index in [0.29, 0.717) is 11.2 Å². The van der Waals surface area contributed by atoms with Gasteiger partial charge in [-0.25, -0.2) is 4.98 Å². The standard InChI is InChI=1S/C9H12N4O/c1-2-3-4-13-6-12-9(14)7-8(13)11-5-10-7/h5-6H,2-4H2,1H3,(H,10,11). The van der Waals surface area contributed by atoms with Crippen molar-refractivity contribution in [2.24, 2.45) is 0 Å². The Morgan fingerprint density at radius 3 is 3.14 bits per heavy atom. The van der Waals surface area contributed by atoms with Crippen LogP contribution in [-0.4, -0.2) is 19.5 Å². The highest BCUT2D eigenvalue weighted by molar-refractivity contribution is 5.68. The molecular weight excluding hydrogens is 180 g/mol. The maximum atomic E-state index is 11.3. The first-order chi connectivity index (χ1) is 6.83. The first-order valence-electron chi connectivity index (χ1n) is 4.71. The molecule has 0 saturated heterocycles. The third kappa shape index (κ3) is 1.41. The van der Waals surface area contributed by atoms with Crippen LogP contribution in [0.2, 0.25) is 0 Å². The zero-order chi connectivity index (χ0) is 9.97. The first kappa shape index (κ1) is 8.93. The van der Waals surface area contributed by atoms with E-state index >= 15 is 0 Å². The van der Waals surface area contributed by atoms with Gasteiger partial charge in [-0.15, -0.1) is 0 Å². The molecule has 0 aliphatic rings. The molecule has 0 unspecified atom stereocenters. The van der Waals surface area contributed by atoms with E-state index in [-0.39, 0.29) is 5.56 Å². The number of H-pyrrole nitrogens is 1. The Hall–Kier alpha value is -1.65. The number of nitrogens with zero attached hydrogens (tertiary/aromatic N) is 3. The molecule has 2 aromatic rings. The average Bonchev–Trinajstić information content (AvgIpc) is 2.66. The van der Waals surface area contributed by atoms with Gasteiger partial charge in [0, 0.05) is 6.54 Å². The van der Waals surface area contributed by atoms with Crippen LogP contribution in [0.3, 0.4) is 0 Å². The number of rotatable bonds is 3. The van der Waals surface area contributed by atoms with E-state index in [1.165, 1.54) is 6.33 Å². The van der Waals surface area contributed by atoms with E-state index < -0.39 is 0 Å². The molecule has 2 heterocycles. The second kappa shape index (κ2) is 3.61. The lowest BCUT2D eigenvalue weighted by molar-refractivity contribution is 0.632. The van der Waals surface area contributed by atoms with Crippen LogP contribution in [0, 0.1) is 0 Å². The number of hydrogen-bond donors (Lipinski definition) is 1. The van der Waals surface area contributed by atoms with Gasteiger partial charge in [0.05, 0.1) is 6.33 Å². The van der Waals surface area contributed by atoms with Crippen LogP contribution in [0.5, 0.6) is 0 Å². The van der Waals surface area contributed by atoms with Gasteiger partial charge in [-0.3, -0.25) is 4.79 Å². The number of aryl methyl sites for hydroxylation is 1. The second-order valence-corrected chi connectivity index (χ2v) is 3.20. The molecule has 2 rings (SSSR count). The fraction of sp³-hybridized carbons (Fsp3) is 0.444. The number of unbranched alkanes of at least 4 members (excludes halogenated alkanes) is 1. The summed E-state index contributed by atoms with van der Waals surface area (Å²) < 4.78 is 1.90. The second-order valence-electron chi connectivity index (χ2n) is 3.20. The van der Waals surface area contributed by atoms with Crippen LogP contribution < -0.4 is 5.56 Å².